The predicted octanol–water partition coefficient (Wildman–Crippen LogP) is 3.23. The minimum atomic E-state index is -3.66. The number of aryl methyl sites for hydroxylation is 1. The molecular formula is C23H24FN3O4S. The van der Waals surface area contributed by atoms with Gasteiger partial charge in [-0.15, -0.1) is 0 Å². The van der Waals surface area contributed by atoms with Gasteiger partial charge in [0.1, 0.15) is 11.6 Å². The third-order valence-corrected chi connectivity index (χ3v) is 7.41. The Labute approximate surface area is 186 Å². The van der Waals surface area contributed by atoms with Gasteiger partial charge >= 0.3 is 0 Å². The van der Waals surface area contributed by atoms with Crippen molar-refractivity contribution in [1.29, 1.82) is 0 Å². The van der Waals surface area contributed by atoms with Crippen LogP contribution in [0.25, 0.3) is 10.9 Å². The van der Waals surface area contributed by atoms with E-state index in [4.69, 9.17) is 4.74 Å². The lowest BCUT2D eigenvalue weighted by Gasteiger charge is -2.34. The smallest absolute Gasteiger partial charge is 0.255 e. The summed E-state index contributed by atoms with van der Waals surface area (Å²) < 4.78 is 46.2. The van der Waals surface area contributed by atoms with Gasteiger partial charge in [0.15, 0.2) is 0 Å². The van der Waals surface area contributed by atoms with Crippen molar-refractivity contribution in [2.24, 2.45) is 0 Å². The number of hydrogen-bond donors (Lipinski definition) is 0. The van der Waals surface area contributed by atoms with Crippen LogP contribution in [0.15, 0.2) is 53.4 Å². The molecule has 1 aromatic heterocycles. The van der Waals surface area contributed by atoms with Gasteiger partial charge in [0.05, 0.1) is 28.3 Å². The summed E-state index contributed by atoms with van der Waals surface area (Å²) in [5.74, 6) is 0.0247. The Kier molecular flexibility index (Phi) is 6.12. The van der Waals surface area contributed by atoms with E-state index in [2.05, 4.69) is 4.98 Å². The molecule has 2 aromatic carbocycles. The largest absolute Gasteiger partial charge is 0.494 e. The first-order chi connectivity index (χ1) is 15.3. The number of nitrogens with zero attached hydrogens (tertiary/aromatic N) is 3. The lowest BCUT2D eigenvalue weighted by molar-refractivity contribution is 0.0697. The molecule has 0 radical (unpaired) electrons. The van der Waals surface area contributed by atoms with Crippen LogP contribution in [0.2, 0.25) is 0 Å². The summed E-state index contributed by atoms with van der Waals surface area (Å²) >= 11 is 0. The number of carbonyl (C=O) groups excluding carboxylic acids is 1. The first-order valence-corrected chi connectivity index (χ1v) is 11.8. The molecule has 1 aliphatic heterocycles. The van der Waals surface area contributed by atoms with E-state index < -0.39 is 10.0 Å². The molecule has 2 heterocycles. The second kappa shape index (κ2) is 8.84. The first kappa shape index (κ1) is 22.2. The molecule has 1 aliphatic rings. The average Bonchev–Trinajstić information content (AvgIpc) is 2.79. The summed E-state index contributed by atoms with van der Waals surface area (Å²) in [7, 11) is -3.66. The first-order valence-electron chi connectivity index (χ1n) is 10.4. The van der Waals surface area contributed by atoms with E-state index >= 15 is 0 Å². The molecule has 0 atom stereocenters. The van der Waals surface area contributed by atoms with E-state index in [0.29, 0.717) is 34.5 Å². The monoisotopic (exact) mass is 457 g/mol. The lowest BCUT2D eigenvalue weighted by Crippen LogP contribution is -2.50. The van der Waals surface area contributed by atoms with Crippen LogP contribution in [0.4, 0.5) is 4.39 Å². The number of pyridine rings is 1. The summed E-state index contributed by atoms with van der Waals surface area (Å²) in [6, 6.07) is 12.3. The van der Waals surface area contributed by atoms with Crippen molar-refractivity contribution in [1.82, 2.24) is 14.2 Å². The van der Waals surface area contributed by atoms with Crippen LogP contribution >= 0.6 is 0 Å². The van der Waals surface area contributed by atoms with Gasteiger partial charge in [0.25, 0.3) is 5.91 Å². The Balaban J connectivity index is 1.47. The second-order valence-corrected chi connectivity index (χ2v) is 9.50. The van der Waals surface area contributed by atoms with E-state index in [9.17, 15) is 17.6 Å². The van der Waals surface area contributed by atoms with Gasteiger partial charge in [-0.1, -0.05) is 0 Å². The molecule has 0 unspecified atom stereocenters. The molecule has 0 N–H and O–H groups in total. The van der Waals surface area contributed by atoms with Crippen LogP contribution in [0, 0.1) is 12.7 Å². The summed E-state index contributed by atoms with van der Waals surface area (Å²) in [5.41, 5.74) is 1.44. The fourth-order valence-corrected chi connectivity index (χ4v) is 5.20. The third-order valence-electron chi connectivity index (χ3n) is 5.50. The Bertz CT molecular complexity index is 1250. The highest BCUT2D eigenvalue weighted by Crippen LogP contribution is 2.23. The number of fused-ring (bicyclic) bond motifs is 1. The van der Waals surface area contributed by atoms with Gasteiger partial charge in [-0.25, -0.2) is 12.8 Å². The lowest BCUT2D eigenvalue weighted by atomic mass is 10.1. The van der Waals surface area contributed by atoms with Gasteiger partial charge < -0.3 is 9.64 Å². The number of halogens is 1. The van der Waals surface area contributed by atoms with Crippen LogP contribution < -0.4 is 4.74 Å². The molecule has 4 rings (SSSR count). The van der Waals surface area contributed by atoms with Crippen molar-refractivity contribution < 1.29 is 22.3 Å². The molecular weight excluding hydrogens is 433 g/mol. The molecule has 0 spiro atoms. The molecule has 0 bridgehead atoms. The van der Waals surface area contributed by atoms with Crippen molar-refractivity contribution in [2.75, 3.05) is 32.8 Å². The van der Waals surface area contributed by atoms with Crippen LogP contribution in [0.1, 0.15) is 23.0 Å². The highest BCUT2D eigenvalue weighted by Gasteiger charge is 2.31. The van der Waals surface area contributed by atoms with Gasteiger partial charge in [-0.05, 0) is 56.3 Å². The minimum absolute atomic E-state index is 0.197. The molecule has 9 heteroatoms. The highest BCUT2D eigenvalue weighted by molar-refractivity contribution is 7.89. The summed E-state index contributed by atoms with van der Waals surface area (Å²) in [4.78, 5) is 19.3. The zero-order chi connectivity index (χ0) is 22.9. The van der Waals surface area contributed by atoms with E-state index in [-0.39, 0.29) is 42.8 Å². The molecule has 7 nitrogen and oxygen atoms in total. The Morgan fingerprint density at radius 1 is 1.06 bits per heavy atom. The maximum atomic E-state index is 13.5. The zero-order valence-corrected chi connectivity index (χ0v) is 18.7. The summed E-state index contributed by atoms with van der Waals surface area (Å²) in [5, 5.41) is 0.678. The molecule has 1 saturated heterocycles. The van der Waals surface area contributed by atoms with Crippen LogP contribution in [0.5, 0.6) is 5.75 Å². The fourth-order valence-electron chi connectivity index (χ4n) is 3.78. The topological polar surface area (TPSA) is 79.8 Å². The number of benzene rings is 2. The van der Waals surface area contributed by atoms with Gasteiger partial charge in [0, 0.05) is 37.6 Å². The van der Waals surface area contributed by atoms with E-state index in [1.165, 1.54) is 28.6 Å². The molecule has 32 heavy (non-hydrogen) atoms. The summed E-state index contributed by atoms with van der Waals surface area (Å²) in [6.07, 6.45) is 0. The molecule has 1 fully saturated rings. The summed E-state index contributed by atoms with van der Waals surface area (Å²) in [6.45, 7) is 5.03. The van der Waals surface area contributed by atoms with E-state index in [1.54, 1.807) is 36.1 Å². The molecule has 3 aromatic rings. The molecule has 0 saturated carbocycles. The van der Waals surface area contributed by atoms with Crippen molar-refractivity contribution >= 4 is 26.8 Å². The van der Waals surface area contributed by atoms with Gasteiger partial charge in [0.2, 0.25) is 10.0 Å². The zero-order valence-electron chi connectivity index (χ0n) is 17.9. The number of rotatable bonds is 5. The highest BCUT2D eigenvalue weighted by atomic mass is 32.2. The van der Waals surface area contributed by atoms with Gasteiger partial charge in [-0.2, -0.15) is 4.31 Å². The van der Waals surface area contributed by atoms with E-state index in [1.807, 2.05) is 6.92 Å². The van der Waals surface area contributed by atoms with Crippen molar-refractivity contribution in [3.8, 4) is 5.75 Å². The Morgan fingerprint density at radius 3 is 2.41 bits per heavy atom. The second-order valence-electron chi connectivity index (χ2n) is 7.56. The number of ether oxygens (including phenoxy) is 1. The number of carbonyl (C=O) groups is 1. The SMILES string of the molecule is CCOc1ccc(S(=O)(=O)N2CCN(C(=O)c3cc4ccc(F)cc4nc3C)CC2)cc1. The fraction of sp³-hybridized carbons (Fsp3) is 0.304. The number of hydrogen-bond acceptors (Lipinski definition) is 5. The van der Waals surface area contributed by atoms with Gasteiger partial charge in [-0.3, -0.25) is 9.78 Å². The van der Waals surface area contributed by atoms with Crippen LogP contribution in [0.3, 0.4) is 0 Å². The standard InChI is InChI=1S/C23H24FN3O4S/c1-3-31-19-6-8-20(9-7-19)32(29,30)27-12-10-26(11-13-27)23(28)21-14-17-4-5-18(24)15-22(17)25-16(21)2/h4-9,14-15H,3,10-13H2,1-2H3. The minimum Gasteiger partial charge on any atom is -0.494 e. The third kappa shape index (κ3) is 4.31. The van der Waals surface area contributed by atoms with Crippen molar-refractivity contribution in [3.63, 3.8) is 0 Å². The van der Waals surface area contributed by atoms with Crippen LogP contribution in [-0.4, -0.2) is 61.3 Å². The number of aromatic nitrogens is 1. The average molecular weight is 458 g/mol. The quantitative estimate of drug-likeness (QED) is 0.588. The maximum Gasteiger partial charge on any atom is 0.255 e. The van der Waals surface area contributed by atoms with Crippen LogP contribution in [-0.2, 0) is 10.0 Å². The number of sulfonamides is 1. The maximum absolute atomic E-state index is 13.5. The predicted molar refractivity (Wildman–Crippen MR) is 119 cm³/mol. The van der Waals surface area contributed by atoms with Crippen molar-refractivity contribution in [3.05, 3.63) is 65.6 Å². The number of piperazine rings is 1. The molecule has 168 valence electrons. The molecule has 0 aliphatic carbocycles. The van der Waals surface area contributed by atoms with Crippen molar-refractivity contribution in [2.45, 2.75) is 18.7 Å². The normalized spacial score (nSPS) is 15.2. The Hall–Kier alpha value is -3.04. The van der Waals surface area contributed by atoms with E-state index in [0.717, 1.165) is 0 Å². The Morgan fingerprint density at radius 2 is 1.75 bits per heavy atom. The molecule has 1 amide bonds. The number of amides is 1.